The second-order valence-corrected chi connectivity index (χ2v) is 5.82. The number of likely N-dealkylation sites (tertiary alicyclic amines) is 1. The highest BCUT2D eigenvalue weighted by Crippen LogP contribution is 2.27. The van der Waals surface area contributed by atoms with E-state index < -0.39 is 0 Å². The quantitative estimate of drug-likeness (QED) is 0.907. The van der Waals surface area contributed by atoms with Gasteiger partial charge in [-0.1, -0.05) is 25.1 Å². The monoisotopic (exact) mass is 262 g/mol. The van der Waals surface area contributed by atoms with Crippen LogP contribution in [-0.4, -0.2) is 31.1 Å². The lowest BCUT2D eigenvalue weighted by atomic mass is 9.92. The molecule has 1 heterocycles. The zero-order chi connectivity index (χ0) is 13.8. The van der Waals surface area contributed by atoms with E-state index in [-0.39, 0.29) is 6.04 Å². The van der Waals surface area contributed by atoms with E-state index in [9.17, 15) is 0 Å². The van der Waals surface area contributed by atoms with Crippen LogP contribution in [0.1, 0.15) is 38.3 Å². The summed E-state index contributed by atoms with van der Waals surface area (Å²) < 4.78 is 5.40. The molecular weight excluding hydrogens is 236 g/mol. The Hall–Kier alpha value is -1.06. The number of nitrogens with zero attached hydrogens (tertiary/aromatic N) is 1. The molecule has 0 aliphatic carbocycles. The van der Waals surface area contributed by atoms with Crippen molar-refractivity contribution in [2.24, 2.45) is 11.7 Å². The van der Waals surface area contributed by atoms with Crippen LogP contribution >= 0.6 is 0 Å². The van der Waals surface area contributed by atoms with Gasteiger partial charge in [-0.2, -0.15) is 0 Å². The number of ether oxygens (including phenoxy) is 1. The van der Waals surface area contributed by atoms with Gasteiger partial charge in [0.1, 0.15) is 5.75 Å². The number of piperidine rings is 1. The molecule has 0 bridgehead atoms. The number of hydrogen-bond acceptors (Lipinski definition) is 3. The van der Waals surface area contributed by atoms with Crippen LogP contribution in [0.5, 0.6) is 5.75 Å². The van der Waals surface area contributed by atoms with Crippen molar-refractivity contribution < 1.29 is 4.74 Å². The molecule has 3 atom stereocenters. The molecule has 0 saturated carbocycles. The fourth-order valence-corrected chi connectivity index (χ4v) is 3.05. The summed E-state index contributed by atoms with van der Waals surface area (Å²) in [5.74, 6) is 1.74. The number of methoxy groups -OCH3 is 1. The molecular formula is C16H26N2O. The number of hydrogen-bond donors (Lipinski definition) is 1. The fourth-order valence-electron chi connectivity index (χ4n) is 3.05. The lowest BCUT2D eigenvalue weighted by Gasteiger charge is -2.38. The van der Waals surface area contributed by atoms with Crippen LogP contribution < -0.4 is 10.5 Å². The predicted octanol–water partition coefficient (Wildman–Crippen LogP) is 2.82. The molecule has 2 rings (SSSR count). The van der Waals surface area contributed by atoms with Gasteiger partial charge in [-0.3, -0.25) is 4.90 Å². The van der Waals surface area contributed by atoms with E-state index in [1.54, 1.807) is 7.11 Å². The zero-order valence-electron chi connectivity index (χ0n) is 12.3. The topological polar surface area (TPSA) is 38.5 Å². The van der Waals surface area contributed by atoms with Gasteiger partial charge in [0.2, 0.25) is 0 Å². The molecule has 1 aliphatic heterocycles. The van der Waals surface area contributed by atoms with Gasteiger partial charge in [0, 0.05) is 24.2 Å². The van der Waals surface area contributed by atoms with Crippen LogP contribution in [0.2, 0.25) is 0 Å². The van der Waals surface area contributed by atoms with Crippen molar-refractivity contribution in [3.05, 3.63) is 29.8 Å². The first-order chi connectivity index (χ1) is 9.11. The first kappa shape index (κ1) is 14.4. The third-order valence-electron chi connectivity index (χ3n) is 4.25. The van der Waals surface area contributed by atoms with Crippen molar-refractivity contribution in [1.82, 2.24) is 4.90 Å². The number of para-hydroxylation sites is 1. The van der Waals surface area contributed by atoms with Crippen molar-refractivity contribution in [3.8, 4) is 5.75 Å². The Morgan fingerprint density at radius 3 is 2.79 bits per heavy atom. The summed E-state index contributed by atoms with van der Waals surface area (Å²) in [7, 11) is 1.71. The molecule has 3 heteroatoms. The van der Waals surface area contributed by atoms with Gasteiger partial charge < -0.3 is 10.5 Å². The number of nitrogens with two attached hydrogens (primary N) is 1. The molecule has 1 aliphatic rings. The van der Waals surface area contributed by atoms with E-state index in [1.807, 2.05) is 18.2 Å². The molecule has 1 aromatic rings. The second kappa shape index (κ2) is 6.40. The Bertz CT molecular complexity index is 407. The largest absolute Gasteiger partial charge is 0.496 e. The van der Waals surface area contributed by atoms with Gasteiger partial charge in [-0.05, 0) is 38.3 Å². The molecule has 0 spiro atoms. The molecule has 3 unspecified atom stereocenters. The van der Waals surface area contributed by atoms with E-state index in [2.05, 4.69) is 24.8 Å². The first-order valence-electron chi connectivity index (χ1n) is 7.24. The molecule has 0 aromatic heterocycles. The SMILES string of the molecule is COc1ccccc1C(N)CN1CCC(C)CC1C. The van der Waals surface area contributed by atoms with Crippen LogP contribution in [0.4, 0.5) is 0 Å². The maximum absolute atomic E-state index is 6.38. The average molecular weight is 262 g/mol. The molecule has 1 fully saturated rings. The van der Waals surface area contributed by atoms with E-state index in [0.29, 0.717) is 6.04 Å². The molecule has 0 radical (unpaired) electrons. The van der Waals surface area contributed by atoms with Crippen molar-refractivity contribution in [3.63, 3.8) is 0 Å². The summed E-state index contributed by atoms with van der Waals surface area (Å²) in [5.41, 5.74) is 7.48. The summed E-state index contributed by atoms with van der Waals surface area (Å²) >= 11 is 0. The first-order valence-corrected chi connectivity index (χ1v) is 7.24. The highest BCUT2D eigenvalue weighted by atomic mass is 16.5. The van der Waals surface area contributed by atoms with Gasteiger partial charge in [-0.25, -0.2) is 0 Å². The zero-order valence-corrected chi connectivity index (χ0v) is 12.3. The minimum absolute atomic E-state index is 0.0204. The Labute approximate surface area is 116 Å². The van der Waals surface area contributed by atoms with E-state index in [1.165, 1.54) is 12.8 Å². The average Bonchev–Trinajstić information content (AvgIpc) is 2.41. The van der Waals surface area contributed by atoms with Crippen molar-refractivity contribution >= 4 is 0 Å². The molecule has 1 saturated heterocycles. The van der Waals surface area contributed by atoms with Gasteiger partial charge >= 0.3 is 0 Å². The van der Waals surface area contributed by atoms with Crippen molar-refractivity contribution in [2.75, 3.05) is 20.2 Å². The van der Waals surface area contributed by atoms with Crippen LogP contribution in [0.3, 0.4) is 0 Å². The van der Waals surface area contributed by atoms with Crippen LogP contribution in [-0.2, 0) is 0 Å². The van der Waals surface area contributed by atoms with E-state index in [4.69, 9.17) is 10.5 Å². The molecule has 3 nitrogen and oxygen atoms in total. The Morgan fingerprint density at radius 2 is 2.11 bits per heavy atom. The summed E-state index contributed by atoms with van der Waals surface area (Å²) in [6, 6.07) is 8.72. The fraction of sp³-hybridized carbons (Fsp3) is 0.625. The number of rotatable bonds is 4. The van der Waals surface area contributed by atoms with E-state index in [0.717, 1.165) is 30.3 Å². The minimum Gasteiger partial charge on any atom is -0.496 e. The Morgan fingerprint density at radius 1 is 1.37 bits per heavy atom. The predicted molar refractivity (Wildman–Crippen MR) is 79.4 cm³/mol. The van der Waals surface area contributed by atoms with Gasteiger partial charge in [0.05, 0.1) is 7.11 Å². The molecule has 0 amide bonds. The summed E-state index contributed by atoms with van der Waals surface area (Å²) in [4.78, 5) is 2.51. The second-order valence-electron chi connectivity index (χ2n) is 5.82. The smallest absolute Gasteiger partial charge is 0.123 e. The van der Waals surface area contributed by atoms with Gasteiger partial charge in [0.25, 0.3) is 0 Å². The van der Waals surface area contributed by atoms with Gasteiger partial charge in [0.15, 0.2) is 0 Å². The van der Waals surface area contributed by atoms with E-state index >= 15 is 0 Å². The Balaban J connectivity index is 2.02. The third-order valence-corrected chi connectivity index (χ3v) is 4.25. The molecule has 2 N–H and O–H groups in total. The molecule has 19 heavy (non-hydrogen) atoms. The molecule has 1 aromatic carbocycles. The van der Waals surface area contributed by atoms with Gasteiger partial charge in [-0.15, -0.1) is 0 Å². The summed E-state index contributed by atoms with van der Waals surface area (Å²) in [6.45, 7) is 6.72. The normalized spacial score (nSPS) is 26.1. The van der Waals surface area contributed by atoms with Crippen LogP contribution in [0.25, 0.3) is 0 Å². The highest BCUT2D eigenvalue weighted by molar-refractivity contribution is 5.35. The maximum Gasteiger partial charge on any atom is 0.123 e. The Kier molecular flexibility index (Phi) is 4.83. The minimum atomic E-state index is 0.0204. The van der Waals surface area contributed by atoms with Crippen LogP contribution in [0.15, 0.2) is 24.3 Å². The standard InChI is InChI=1S/C16H26N2O/c1-12-8-9-18(13(2)10-12)11-15(17)14-6-4-5-7-16(14)19-3/h4-7,12-13,15H,8-11,17H2,1-3H3. The summed E-state index contributed by atoms with van der Waals surface area (Å²) in [6.07, 6.45) is 2.56. The number of benzene rings is 1. The third kappa shape index (κ3) is 3.48. The lowest BCUT2D eigenvalue weighted by Crippen LogP contribution is -2.43. The molecule has 106 valence electrons. The summed E-state index contributed by atoms with van der Waals surface area (Å²) in [5, 5.41) is 0. The van der Waals surface area contributed by atoms with Crippen LogP contribution in [0, 0.1) is 5.92 Å². The van der Waals surface area contributed by atoms with Crippen molar-refractivity contribution in [2.45, 2.75) is 38.8 Å². The van der Waals surface area contributed by atoms with Crippen molar-refractivity contribution in [1.29, 1.82) is 0 Å². The lowest BCUT2D eigenvalue weighted by molar-refractivity contribution is 0.122. The maximum atomic E-state index is 6.38. The highest BCUT2D eigenvalue weighted by Gasteiger charge is 2.25.